The highest BCUT2D eigenvalue weighted by atomic mass is 16.4. The Morgan fingerprint density at radius 1 is 0.955 bits per heavy atom. The molecule has 0 amide bonds. The van der Waals surface area contributed by atoms with Gasteiger partial charge in [0.05, 0.1) is 11.3 Å². The Hall–Kier alpha value is -2.81. The van der Waals surface area contributed by atoms with Gasteiger partial charge in [-0.15, -0.1) is 0 Å². The van der Waals surface area contributed by atoms with Crippen LogP contribution in [-0.2, 0) is 7.05 Å². The van der Waals surface area contributed by atoms with E-state index in [-0.39, 0.29) is 5.63 Å². The van der Waals surface area contributed by atoms with Gasteiger partial charge in [0.15, 0.2) is 0 Å². The number of aryl methyl sites for hydroxylation is 1. The van der Waals surface area contributed by atoms with Crippen LogP contribution >= 0.6 is 0 Å². The zero-order chi connectivity index (χ0) is 15.3. The fraction of sp³-hybridized carbons (Fsp3) is 0.105. The number of fused-ring (bicyclic) bond motifs is 3. The molecule has 0 radical (unpaired) electrons. The highest BCUT2D eigenvalue weighted by Gasteiger charge is 2.12. The van der Waals surface area contributed by atoms with Crippen LogP contribution in [0, 0.1) is 6.92 Å². The first-order valence-corrected chi connectivity index (χ1v) is 7.23. The van der Waals surface area contributed by atoms with Crippen LogP contribution in [0.25, 0.3) is 33.0 Å². The minimum atomic E-state index is -0.301. The first kappa shape index (κ1) is 12.9. The summed E-state index contributed by atoms with van der Waals surface area (Å²) in [5.41, 5.74) is 2.93. The molecule has 108 valence electrons. The minimum absolute atomic E-state index is 0.301. The van der Waals surface area contributed by atoms with Gasteiger partial charge in [0.25, 0.3) is 0 Å². The molecule has 4 aromatic rings. The lowest BCUT2D eigenvalue weighted by Gasteiger charge is -2.07. The second-order valence-corrected chi connectivity index (χ2v) is 5.57. The number of aromatic nitrogens is 1. The molecule has 0 bridgehead atoms. The molecule has 4 rings (SSSR count). The topological polar surface area (TPSA) is 35.1 Å². The van der Waals surface area contributed by atoms with Crippen molar-refractivity contribution in [1.82, 2.24) is 4.57 Å². The van der Waals surface area contributed by atoms with Crippen LogP contribution in [0.4, 0.5) is 0 Å². The van der Waals surface area contributed by atoms with Crippen molar-refractivity contribution in [3.8, 4) is 11.3 Å². The van der Waals surface area contributed by atoms with Crippen LogP contribution in [0.1, 0.15) is 5.69 Å². The van der Waals surface area contributed by atoms with Gasteiger partial charge in [-0.25, -0.2) is 4.79 Å². The van der Waals surface area contributed by atoms with E-state index in [9.17, 15) is 4.79 Å². The molecular weight excluding hydrogens is 274 g/mol. The Balaban J connectivity index is 2.07. The fourth-order valence-electron chi connectivity index (χ4n) is 2.91. The predicted octanol–water partition coefficient (Wildman–Crippen LogP) is 4.26. The van der Waals surface area contributed by atoms with Gasteiger partial charge in [-0.2, -0.15) is 0 Å². The molecule has 2 heterocycles. The zero-order valence-corrected chi connectivity index (χ0v) is 12.5. The third-order valence-corrected chi connectivity index (χ3v) is 4.27. The van der Waals surface area contributed by atoms with E-state index in [2.05, 4.69) is 6.07 Å². The third kappa shape index (κ3) is 1.79. The number of nitrogens with zero attached hydrogens (tertiary/aromatic N) is 1. The molecule has 2 aromatic carbocycles. The van der Waals surface area contributed by atoms with Crippen LogP contribution in [-0.4, -0.2) is 4.57 Å². The highest BCUT2D eigenvalue weighted by molar-refractivity contribution is 6.04. The maximum Gasteiger partial charge on any atom is 0.345 e. The molecule has 2 aromatic heterocycles. The molecule has 22 heavy (non-hydrogen) atoms. The summed E-state index contributed by atoms with van der Waals surface area (Å²) in [6.07, 6.45) is 0. The quantitative estimate of drug-likeness (QED) is 0.387. The molecule has 0 spiro atoms. The standard InChI is InChI=1S/C19H15NO2/c1-12-7-10-17(20(12)2)16-11-14-9-8-13-5-3-4-6-15(13)18(14)22-19(16)21/h3-11H,1-2H3. The van der Waals surface area contributed by atoms with Crippen LogP contribution in [0.3, 0.4) is 0 Å². The molecule has 0 N–H and O–H groups in total. The second-order valence-electron chi connectivity index (χ2n) is 5.57. The molecule has 3 heteroatoms. The molecule has 0 unspecified atom stereocenters. The van der Waals surface area contributed by atoms with Crippen molar-refractivity contribution in [2.24, 2.45) is 7.05 Å². The summed E-state index contributed by atoms with van der Waals surface area (Å²) in [5, 5.41) is 2.97. The van der Waals surface area contributed by atoms with Crippen LogP contribution < -0.4 is 5.63 Å². The summed E-state index contributed by atoms with van der Waals surface area (Å²) in [6, 6.07) is 17.9. The maximum absolute atomic E-state index is 12.5. The number of hydrogen-bond donors (Lipinski definition) is 0. The van der Waals surface area contributed by atoms with E-state index in [0.29, 0.717) is 11.1 Å². The van der Waals surface area contributed by atoms with Gasteiger partial charge < -0.3 is 8.98 Å². The molecule has 0 aliphatic carbocycles. The summed E-state index contributed by atoms with van der Waals surface area (Å²) >= 11 is 0. The van der Waals surface area contributed by atoms with E-state index >= 15 is 0 Å². The first-order chi connectivity index (χ1) is 10.6. The van der Waals surface area contributed by atoms with Crippen molar-refractivity contribution in [2.45, 2.75) is 6.92 Å². The van der Waals surface area contributed by atoms with E-state index in [4.69, 9.17) is 4.42 Å². The van der Waals surface area contributed by atoms with E-state index in [1.807, 2.05) is 67.1 Å². The SMILES string of the molecule is Cc1ccc(-c2cc3ccc4ccccc4c3oc2=O)n1C. The molecule has 0 saturated heterocycles. The van der Waals surface area contributed by atoms with Crippen molar-refractivity contribution in [2.75, 3.05) is 0 Å². The van der Waals surface area contributed by atoms with Crippen molar-refractivity contribution in [3.05, 3.63) is 70.7 Å². The first-order valence-electron chi connectivity index (χ1n) is 7.23. The number of rotatable bonds is 1. The van der Waals surface area contributed by atoms with Gasteiger partial charge in [-0.05, 0) is 30.5 Å². The summed E-state index contributed by atoms with van der Waals surface area (Å²) in [6.45, 7) is 2.01. The monoisotopic (exact) mass is 289 g/mol. The van der Waals surface area contributed by atoms with E-state index in [1.165, 1.54) is 0 Å². The zero-order valence-electron chi connectivity index (χ0n) is 12.5. The lowest BCUT2D eigenvalue weighted by Crippen LogP contribution is -2.06. The second kappa shape index (κ2) is 4.60. The molecule has 0 aliphatic rings. The fourth-order valence-corrected chi connectivity index (χ4v) is 2.91. The van der Waals surface area contributed by atoms with Crippen molar-refractivity contribution in [1.29, 1.82) is 0 Å². The Kier molecular flexibility index (Phi) is 2.70. The summed E-state index contributed by atoms with van der Waals surface area (Å²) in [7, 11) is 1.95. The summed E-state index contributed by atoms with van der Waals surface area (Å²) < 4.78 is 7.65. The van der Waals surface area contributed by atoms with Crippen LogP contribution in [0.2, 0.25) is 0 Å². The van der Waals surface area contributed by atoms with Gasteiger partial charge >= 0.3 is 5.63 Å². The van der Waals surface area contributed by atoms with Crippen LogP contribution in [0.15, 0.2) is 63.8 Å². The molecule has 0 aliphatic heterocycles. The summed E-state index contributed by atoms with van der Waals surface area (Å²) in [4.78, 5) is 12.5. The average Bonchev–Trinajstić information content (AvgIpc) is 2.86. The Bertz CT molecular complexity index is 1070. The predicted molar refractivity (Wildman–Crippen MR) is 89.1 cm³/mol. The van der Waals surface area contributed by atoms with Gasteiger partial charge in [0.1, 0.15) is 5.58 Å². The molecule has 0 atom stereocenters. The average molecular weight is 289 g/mol. The normalized spacial score (nSPS) is 11.4. The van der Waals surface area contributed by atoms with Gasteiger partial charge in [-0.1, -0.05) is 36.4 Å². The molecule has 0 saturated carbocycles. The number of benzene rings is 2. The molecule has 3 nitrogen and oxygen atoms in total. The van der Waals surface area contributed by atoms with E-state index in [1.54, 1.807) is 0 Å². The van der Waals surface area contributed by atoms with Gasteiger partial charge in [0, 0.05) is 23.5 Å². The van der Waals surface area contributed by atoms with Crippen molar-refractivity contribution in [3.63, 3.8) is 0 Å². The van der Waals surface area contributed by atoms with Crippen LogP contribution in [0.5, 0.6) is 0 Å². The Morgan fingerprint density at radius 2 is 1.73 bits per heavy atom. The van der Waals surface area contributed by atoms with Gasteiger partial charge in [0.2, 0.25) is 0 Å². The lowest BCUT2D eigenvalue weighted by atomic mass is 10.1. The molecule has 0 fully saturated rings. The smallest absolute Gasteiger partial charge is 0.345 e. The van der Waals surface area contributed by atoms with E-state index in [0.717, 1.165) is 27.5 Å². The van der Waals surface area contributed by atoms with Crippen molar-refractivity contribution >= 4 is 21.7 Å². The maximum atomic E-state index is 12.5. The Morgan fingerprint density at radius 3 is 2.50 bits per heavy atom. The molecular formula is C19H15NO2. The van der Waals surface area contributed by atoms with Crippen molar-refractivity contribution < 1.29 is 4.42 Å². The number of hydrogen-bond acceptors (Lipinski definition) is 2. The minimum Gasteiger partial charge on any atom is -0.422 e. The lowest BCUT2D eigenvalue weighted by molar-refractivity contribution is 0.565. The van der Waals surface area contributed by atoms with Gasteiger partial charge in [-0.3, -0.25) is 0 Å². The highest BCUT2D eigenvalue weighted by Crippen LogP contribution is 2.27. The summed E-state index contributed by atoms with van der Waals surface area (Å²) in [5.74, 6) is 0. The van der Waals surface area contributed by atoms with E-state index < -0.39 is 0 Å². The third-order valence-electron chi connectivity index (χ3n) is 4.27. The largest absolute Gasteiger partial charge is 0.422 e. The Labute approximate surface area is 127 Å².